The minimum absolute atomic E-state index is 0.0486. The van der Waals surface area contributed by atoms with Crippen molar-refractivity contribution < 1.29 is 9.59 Å². The van der Waals surface area contributed by atoms with Gasteiger partial charge in [0.2, 0.25) is 0 Å². The number of nitrogens with zero attached hydrogens (tertiary/aromatic N) is 1. The smallest absolute Gasteiger partial charge is 0.317 e. The number of carbonyl (C=O) groups excluding carboxylic acids is 2. The summed E-state index contributed by atoms with van der Waals surface area (Å²) in [5.41, 5.74) is 0. The van der Waals surface area contributed by atoms with Gasteiger partial charge in [-0.25, -0.2) is 9.59 Å². The lowest BCUT2D eigenvalue weighted by Crippen LogP contribution is -2.52. The van der Waals surface area contributed by atoms with Gasteiger partial charge in [0.25, 0.3) is 0 Å². The second-order valence-corrected chi connectivity index (χ2v) is 7.59. The molecule has 1 unspecified atom stereocenters. The molecule has 2 saturated carbocycles. The van der Waals surface area contributed by atoms with Gasteiger partial charge in [0, 0.05) is 31.2 Å². The Labute approximate surface area is 139 Å². The van der Waals surface area contributed by atoms with Crippen LogP contribution in [0, 0.1) is 5.92 Å². The molecule has 0 radical (unpaired) electrons. The van der Waals surface area contributed by atoms with Crippen molar-refractivity contribution in [2.45, 2.75) is 83.5 Å². The SMILES string of the molecule is CC(C)NC(=O)NC1CC(CC(C)NC(=O)N(C)C2CCC2)C1. The third kappa shape index (κ3) is 5.29. The van der Waals surface area contributed by atoms with E-state index in [1.54, 1.807) is 0 Å². The van der Waals surface area contributed by atoms with Gasteiger partial charge in [0.1, 0.15) is 0 Å². The van der Waals surface area contributed by atoms with E-state index in [9.17, 15) is 9.59 Å². The third-order valence-electron chi connectivity index (χ3n) is 4.99. The first-order valence-corrected chi connectivity index (χ1v) is 8.95. The molecular weight excluding hydrogens is 292 g/mol. The maximum atomic E-state index is 12.1. The minimum atomic E-state index is -0.0769. The first kappa shape index (κ1) is 17.9. The Kier molecular flexibility index (Phi) is 6.13. The van der Waals surface area contributed by atoms with Gasteiger partial charge in [0.15, 0.2) is 0 Å². The van der Waals surface area contributed by atoms with Crippen LogP contribution in [-0.4, -0.2) is 48.2 Å². The van der Waals surface area contributed by atoms with E-state index in [0.717, 1.165) is 32.1 Å². The standard InChI is InChI=1S/C17H32N4O2/c1-11(2)18-16(22)20-14-9-13(10-14)8-12(3)19-17(23)21(4)15-6-5-7-15/h11-15H,5-10H2,1-4H3,(H,19,23)(H2,18,20,22). The molecular formula is C17H32N4O2. The molecule has 4 amide bonds. The Bertz CT molecular complexity index is 417. The predicted octanol–water partition coefficient (Wildman–Crippen LogP) is 2.45. The summed E-state index contributed by atoms with van der Waals surface area (Å²) in [6.45, 7) is 5.97. The number of nitrogens with one attached hydrogen (secondary N) is 3. The molecule has 0 bridgehead atoms. The lowest BCUT2D eigenvalue weighted by Gasteiger charge is -2.38. The lowest BCUT2D eigenvalue weighted by atomic mass is 9.77. The predicted molar refractivity (Wildman–Crippen MR) is 91.3 cm³/mol. The zero-order valence-corrected chi connectivity index (χ0v) is 14.9. The van der Waals surface area contributed by atoms with Crippen molar-refractivity contribution in [2.75, 3.05) is 7.05 Å². The van der Waals surface area contributed by atoms with Crippen LogP contribution in [0.5, 0.6) is 0 Å². The molecule has 0 aromatic rings. The average molecular weight is 324 g/mol. The third-order valence-corrected chi connectivity index (χ3v) is 4.99. The van der Waals surface area contributed by atoms with Crippen LogP contribution in [0.4, 0.5) is 9.59 Å². The van der Waals surface area contributed by atoms with Crippen molar-refractivity contribution in [3.8, 4) is 0 Å². The van der Waals surface area contributed by atoms with Gasteiger partial charge in [0.05, 0.1) is 0 Å². The molecule has 2 fully saturated rings. The van der Waals surface area contributed by atoms with Crippen LogP contribution >= 0.6 is 0 Å². The summed E-state index contributed by atoms with van der Waals surface area (Å²) in [4.78, 5) is 25.6. The number of hydrogen-bond acceptors (Lipinski definition) is 2. The monoisotopic (exact) mass is 324 g/mol. The Hall–Kier alpha value is -1.46. The number of hydrogen-bond donors (Lipinski definition) is 3. The number of amides is 4. The van der Waals surface area contributed by atoms with Gasteiger partial charge in [-0.1, -0.05) is 0 Å². The molecule has 0 aliphatic heterocycles. The second-order valence-electron chi connectivity index (χ2n) is 7.59. The molecule has 1 atom stereocenters. The Morgan fingerprint density at radius 2 is 1.78 bits per heavy atom. The summed E-state index contributed by atoms with van der Waals surface area (Å²) in [6, 6.07) is 1.02. The van der Waals surface area contributed by atoms with Gasteiger partial charge in [-0.05, 0) is 65.2 Å². The maximum absolute atomic E-state index is 12.1. The number of rotatable bonds is 6. The van der Waals surface area contributed by atoms with Crippen LogP contribution in [0.25, 0.3) is 0 Å². The molecule has 23 heavy (non-hydrogen) atoms. The van der Waals surface area contributed by atoms with Crippen LogP contribution in [0.1, 0.15) is 59.3 Å². The molecule has 2 aliphatic carbocycles. The Morgan fingerprint density at radius 3 is 2.30 bits per heavy atom. The summed E-state index contributed by atoms with van der Waals surface area (Å²) >= 11 is 0. The molecule has 0 spiro atoms. The van der Waals surface area contributed by atoms with E-state index >= 15 is 0 Å². The van der Waals surface area contributed by atoms with E-state index in [-0.39, 0.29) is 30.2 Å². The normalized spacial score (nSPS) is 25.1. The summed E-state index contributed by atoms with van der Waals surface area (Å²) in [5.74, 6) is 0.587. The van der Waals surface area contributed by atoms with Gasteiger partial charge < -0.3 is 20.9 Å². The summed E-state index contributed by atoms with van der Waals surface area (Å²) in [7, 11) is 1.89. The van der Waals surface area contributed by atoms with E-state index in [1.165, 1.54) is 6.42 Å². The molecule has 0 aromatic carbocycles. The van der Waals surface area contributed by atoms with E-state index < -0.39 is 0 Å². The van der Waals surface area contributed by atoms with Gasteiger partial charge in [-0.15, -0.1) is 0 Å². The van der Waals surface area contributed by atoms with Crippen LogP contribution in [-0.2, 0) is 0 Å². The molecule has 0 aromatic heterocycles. The number of carbonyl (C=O) groups is 2. The topological polar surface area (TPSA) is 73.5 Å². The fourth-order valence-electron chi connectivity index (χ4n) is 3.35. The molecule has 2 rings (SSSR count). The van der Waals surface area contributed by atoms with E-state index in [1.807, 2.05) is 25.8 Å². The fourth-order valence-corrected chi connectivity index (χ4v) is 3.35. The van der Waals surface area contributed by atoms with Crippen molar-refractivity contribution in [1.29, 1.82) is 0 Å². The minimum Gasteiger partial charge on any atom is -0.336 e. The van der Waals surface area contributed by atoms with E-state index in [0.29, 0.717) is 12.0 Å². The molecule has 2 aliphatic rings. The molecule has 6 nitrogen and oxygen atoms in total. The first-order chi connectivity index (χ1) is 10.8. The second kappa shape index (κ2) is 7.88. The van der Waals surface area contributed by atoms with Crippen molar-refractivity contribution in [3.05, 3.63) is 0 Å². The van der Waals surface area contributed by atoms with Crippen LogP contribution < -0.4 is 16.0 Å². The largest absolute Gasteiger partial charge is 0.336 e. The zero-order chi connectivity index (χ0) is 17.0. The van der Waals surface area contributed by atoms with E-state index in [4.69, 9.17) is 0 Å². The van der Waals surface area contributed by atoms with Crippen LogP contribution in [0.15, 0.2) is 0 Å². The summed E-state index contributed by atoms with van der Waals surface area (Å²) in [5, 5.41) is 8.94. The molecule has 6 heteroatoms. The highest BCUT2D eigenvalue weighted by atomic mass is 16.2. The quantitative estimate of drug-likeness (QED) is 0.702. The Balaban J connectivity index is 1.59. The highest BCUT2D eigenvalue weighted by molar-refractivity contribution is 5.75. The van der Waals surface area contributed by atoms with Crippen LogP contribution in [0.2, 0.25) is 0 Å². The van der Waals surface area contributed by atoms with Crippen molar-refractivity contribution in [1.82, 2.24) is 20.9 Å². The van der Waals surface area contributed by atoms with Crippen LogP contribution in [0.3, 0.4) is 0 Å². The zero-order valence-electron chi connectivity index (χ0n) is 14.9. The van der Waals surface area contributed by atoms with Gasteiger partial charge in [-0.3, -0.25) is 0 Å². The first-order valence-electron chi connectivity index (χ1n) is 8.95. The Morgan fingerprint density at radius 1 is 1.13 bits per heavy atom. The fraction of sp³-hybridized carbons (Fsp3) is 0.882. The average Bonchev–Trinajstić information content (AvgIpc) is 2.32. The van der Waals surface area contributed by atoms with Crippen molar-refractivity contribution >= 4 is 12.1 Å². The molecule has 3 N–H and O–H groups in total. The van der Waals surface area contributed by atoms with Crippen molar-refractivity contribution in [2.24, 2.45) is 5.92 Å². The molecule has 0 heterocycles. The molecule has 0 saturated heterocycles. The van der Waals surface area contributed by atoms with Gasteiger partial charge >= 0.3 is 12.1 Å². The highest BCUT2D eigenvalue weighted by Crippen LogP contribution is 2.31. The summed E-state index contributed by atoms with van der Waals surface area (Å²) < 4.78 is 0. The summed E-state index contributed by atoms with van der Waals surface area (Å²) in [6.07, 6.45) is 6.49. The number of urea groups is 2. The maximum Gasteiger partial charge on any atom is 0.317 e. The van der Waals surface area contributed by atoms with Gasteiger partial charge in [-0.2, -0.15) is 0 Å². The molecule has 132 valence electrons. The van der Waals surface area contributed by atoms with Crippen molar-refractivity contribution in [3.63, 3.8) is 0 Å². The lowest BCUT2D eigenvalue weighted by molar-refractivity contribution is 0.149. The van der Waals surface area contributed by atoms with E-state index in [2.05, 4.69) is 22.9 Å². The highest BCUT2D eigenvalue weighted by Gasteiger charge is 2.32.